The minimum Gasteiger partial charge on any atom is -0.352 e. The van der Waals surface area contributed by atoms with E-state index in [4.69, 9.17) is 0 Å². The molecule has 4 rings (SSSR count). The third-order valence-corrected chi connectivity index (χ3v) is 7.43. The lowest BCUT2D eigenvalue weighted by molar-refractivity contribution is 0.0949. The normalized spacial score (nSPS) is 15.4. The first kappa shape index (κ1) is 24.0. The van der Waals surface area contributed by atoms with E-state index in [2.05, 4.69) is 36.7 Å². The number of nitrogens with one attached hydrogen (secondary N) is 4. The topological polar surface area (TPSA) is 130 Å². The smallest absolute Gasteiger partial charge is 0.323 e. The monoisotopic (exact) mass is 486 g/mol. The molecule has 1 saturated heterocycles. The van der Waals surface area contributed by atoms with E-state index in [1.54, 1.807) is 24.3 Å². The van der Waals surface area contributed by atoms with Crippen LogP contribution in [0, 0.1) is 0 Å². The standard InChI is InChI=1S/C23H30N6O4S/c1-2-28-12-14-29(15-13-28)11-5-10-24-22(30)18-6-3-4-7-19(18)27-34(32,33)17-8-9-20-21(16-17)26-23(31)25-20/h3-4,6-9,16,27H,2,5,10-15H2,1H3,(H,24,30)(H2,25,26,31). The summed E-state index contributed by atoms with van der Waals surface area (Å²) in [4.78, 5) is 34.2. The first-order valence-electron chi connectivity index (χ1n) is 11.4. The molecule has 2 heterocycles. The van der Waals surface area contributed by atoms with Crippen molar-refractivity contribution in [3.63, 3.8) is 0 Å². The maximum Gasteiger partial charge on any atom is 0.323 e. The van der Waals surface area contributed by atoms with Crippen LogP contribution in [0.4, 0.5) is 5.69 Å². The van der Waals surface area contributed by atoms with Crippen molar-refractivity contribution in [1.29, 1.82) is 0 Å². The number of benzene rings is 2. The molecule has 1 fully saturated rings. The average Bonchev–Trinajstić information content (AvgIpc) is 3.21. The van der Waals surface area contributed by atoms with Gasteiger partial charge in [-0.05, 0) is 49.8 Å². The molecule has 1 amide bonds. The van der Waals surface area contributed by atoms with E-state index < -0.39 is 15.7 Å². The fraction of sp³-hybridized carbons (Fsp3) is 0.391. The second kappa shape index (κ2) is 10.4. The Morgan fingerprint density at radius 1 is 1.00 bits per heavy atom. The van der Waals surface area contributed by atoms with Gasteiger partial charge < -0.3 is 25.1 Å². The molecule has 0 spiro atoms. The van der Waals surface area contributed by atoms with E-state index in [-0.39, 0.29) is 22.1 Å². The van der Waals surface area contributed by atoms with Gasteiger partial charge in [0, 0.05) is 32.7 Å². The summed E-state index contributed by atoms with van der Waals surface area (Å²) in [7, 11) is -3.97. The number of H-pyrrole nitrogens is 2. The molecular formula is C23H30N6O4S. The molecule has 34 heavy (non-hydrogen) atoms. The van der Waals surface area contributed by atoms with E-state index >= 15 is 0 Å². The Hall–Kier alpha value is -3.15. The highest BCUT2D eigenvalue weighted by atomic mass is 32.2. The number of aromatic amines is 2. The quantitative estimate of drug-likeness (QED) is 0.339. The number of anilines is 1. The molecule has 10 nitrogen and oxygen atoms in total. The van der Waals surface area contributed by atoms with Crippen molar-refractivity contribution in [1.82, 2.24) is 25.1 Å². The van der Waals surface area contributed by atoms with Gasteiger partial charge in [0.2, 0.25) is 0 Å². The van der Waals surface area contributed by atoms with Crippen molar-refractivity contribution in [2.24, 2.45) is 0 Å². The minimum atomic E-state index is -3.97. The lowest BCUT2D eigenvalue weighted by Crippen LogP contribution is -2.46. The van der Waals surface area contributed by atoms with Gasteiger partial charge in [0.1, 0.15) is 0 Å². The van der Waals surface area contributed by atoms with Crippen molar-refractivity contribution in [3.8, 4) is 0 Å². The van der Waals surface area contributed by atoms with Gasteiger partial charge in [-0.3, -0.25) is 9.52 Å². The molecule has 182 valence electrons. The Balaban J connectivity index is 1.37. The third-order valence-electron chi connectivity index (χ3n) is 6.06. The van der Waals surface area contributed by atoms with Gasteiger partial charge in [-0.2, -0.15) is 0 Å². The Morgan fingerprint density at radius 3 is 2.47 bits per heavy atom. The zero-order chi connectivity index (χ0) is 24.1. The highest BCUT2D eigenvalue weighted by molar-refractivity contribution is 7.92. The number of rotatable bonds is 9. The molecule has 0 atom stereocenters. The molecule has 1 aromatic heterocycles. The third kappa shape index (κ3) is 5.66. The molecule has 0 radical (unpaired) electrons. The molecule has 1 aliphatic heterocycles. The van der Waals surface area contributed by atoms with Gasteiger partial charge in [0.25, 0.3) is 15.9 Å². The maximum atomic E-state index is 13.0. The van der Waals surface area contributed by atoms with Crippen LogP contribution < -0.4 is 15.7 Å². The largest absolute Gasteiger partial charge is 0.352 e. The van der Waals surface area contributed by atoms with Crippen LogP contribution in [0.1, 0.15) is 23.7 Å². The summed E-state index contributed by atoms with van der Waals surface area (Å²) in [6.07, 6.45) is 0.820. The number of imidazole rings is 1. The number of likely N-dealkylation sites (N-methyl/N-ethyl adjacent to an activating group) is 1. The molecule has 11 heteroatoms. The van der Waals surface area contributed by atoms with Gasteiger partial charge in [-0.1, -0.05) is 19.1 Å². The summed E-state index contributed by atoms with van der Waals surface area (Å²) in [5.41, 5.74) is 0.922. The molecule has 2 aromatic carbocycles. The van der Waals surface area contributed by atoms with Crippen molar-refractivity contribution in [3.05, 3.63) is 58.5 Å². The number of carbonyl (C=O) groups is 1. The second-order valence-corrected chi connectivity index (χ2v) is 10.0. The molecule has 4 N–H and O–H groups in total. The van der Waals surface area contributed by atoms with Gasteiger partial charge >= 0.3 is 5.69 Å². The van der Waals surface area contributed by atoms with E-state index in [1.165, 1.54) is 18.2 Å². The number of sulfonamides is 1. The summed E-state index contributed by atoms with van der Waals surface area (Å²) in [6, 6.07) is 10.8. The fourth-order valence-electron chi connectivity index (χ4n) is 4.08. The predicted octanol–water partition coefficient (Wildman–Crippen LogP) is 1.41. The van der Waals surface area contributed by atoms with Gasteiger partial charge in [0.15, 0.2) is 0 Å². The number of fused-ring (bicyclic) bond motifs is 1. The van der Waals surface area contributed by atoms with Gasteiger partial charge in [-0.15, -0.1) is 0 Å². The average molecular weight is 487 g/mol. The number of hydrogen-bond acceptors (Lipinski definition) is 6. The highest BCUT2D eigenvalue weighted by Crippen LogP contribution is 2.22. The molecule has 0 bridgehead atoms. The number of nitrogens with zero attached hydrogens (tertiary/aromatic N) is 2. The van der Waals surface area contributed by atoms with Crippen LogP contribution >= 0.6 is 0 Å². The zero-order valence-corrected chi connectivity index (χ0v) is 20.0. The van der Waals surface area contributed by atoms with Crippen LogP contribution in [0.25, 0.3) is 11.0 Å². The zero-order valence-electron chi connectivity index (χ0n) is 19.1. The highest BCUT2D eigenvalue weighted by Gasteiger charge is 2.20. The van der Waals surface area contributed by atoms with E-state index in [9.17, 15) is 18.0 Å². The number of para-hydroxylation sites is 1. The Bertz CT molecular complexity index is 1310. The number of carbonyl (C=O) groups excluding carboxylic acids is 1. The van der Waals surface area contributed by atoms with Crippen LogP contribution in [0.2, 0.25) is 0 Å². The molecule has 0 unspecified atom stereocenters. The van der Waals surface area contributed by atoms with Crippen molar-refractivity contribution in [2.75, 3.05) is 50.5 Å². The first-order valence-corrected chi connectivity index (χ1v) is 12.9. The maximum absolute atomic E-state index is 13.0. The summed E-state index contributed by atoms with van der Waals surface area (Å²) >= 11 is 0. The van der Waals surface area contributed by atoms with Crippen LogP contribution in [0.5, 0.6) is 0 Å². The Labute approximate surface area is 198 Å². The molecule has 1 aliphatic rings. The summed E-state index contributed by atoms with van der Waals surface area (Å²) in [5, 5.41) is 2.90. The molecule has 3 aromatic rings. The van der Waals surface area contributed by atoms with Crippen molar-refractivity contribution in [2.45, 2.75) is 18.2 Å². The second-order valence-electron chi connectivity index (χ2n) is 8.32. The van der Waals surface area contributed by atoms with Crippen molar-refractivity contribution >= 4 is 32.7 Å². The number of aromatic nitrogens is 2. The number of piperazine rings is 1. The minimum absolute atomic E-state index is 0.0198. The molecule has 0 saturated carbocycles. The van der Waals surface area contributed by atoms with Gasteiger partial charge in [0.05, 0.1) is 27.2 Å². The predicted molar refractivity (Wildman–Crippen MR) is 132 cm³/mol. The Morgan fingerprint density at radius 2 is 1.71 bits per heavy atom. The van der Waals surface area contributed by atoms with E-state index in [0.29, 0.717) is 17.6 Å². The summed E-state index contributed by atoms with van der Waals surface area (Å²) < 4.78 is 28.4. The summed E-state index contributed by atoms with van der Waals surface area (Å²) in [5.74, 6) is -0.334. The Kier molecular flexibility index (Phi) is 7.35. The van der Waals surface area contributed by atoms with Crippen LogP contribution in [0.15, 0.2) is 52.2 Å². The van der Waals surface area contributed by atoms with Crippen LogP contribution in [-0.4, -0.2) is 79.9 Å². The van der Waals surface area contributed by atoms with E-state index in [1.807, 2.05) is 0 Å². The number of amides is 1. The molecular weight excluding hydrogens is 456 g/mol. The van der Waals surface area contributed by atoms with Crippen LogP contribution in [-0.2, 0) is 10.0 Å². The van der Waals surface area contributed by atoms with Crippen molar-refractivity contribution < 1.29 is 13.2 Å². The summed E-state index contributed by atoms with van der Waals surface area (Å²) in [6.45, 7) is 8.89. The first-order chi connectivity index (χ1) is 16.4. The van der Waals surface area contributed by atoms with E-state index in [0.717, 1.165) is 45.7 Å². The van der Waals surface area contributed by atoms with Crippen LogP contribution in [0.3, 0.4) is 0 Å². The number of hydrogen-bond donors (Lipinski definition) is 4. The lowest BCUT2D eigenvalue weighted by Gasteiger charge is -2.33. The molecule has 0 aliphatic carbocycles. The SMILES string of the molecule is CCN1CCN(CCCNC(=O)c2ccccc2NS(=O)(=O)c2ccc3[nH]c(=O)[nH]c3c2)CC1. The van der Waals surface area contributed by atoms with Gasteiger partial charge in [-0.25, -0.2) is 13.2 Å². The fourth-order valence-corrected chi connectivity index (χ4v) is 5.19. The lowest BCUT2D eigenvalue weighted by atomic mass is 10.1.